The molecule has 0 amide bonds. The SMILES string of the molecule is CCN1CCC2(CC1)N=C(c1cccc(OC)c1)CC(c1cccc(OC)c1O)N2. The molecule has 1 unspecified atom stereocenters. The van der Waals surface area contributed by atoms with E-state index in [9.17, 15) is 5.11 Å². The van der Waals surface area contributed by atoms with Crippen molar-refractivity contribution in [3.8, 4) is 17.2 Å². The number of likely N-dealkylation sites (tertiary alicyclic amines) is 1. The number of para-hydroxylation sites is 1. The van der Waals surface area contributed by atoms with Gasteiger partial charge in [-0.15, -0.1) is 0 Å². The van der Waals surface area contributed by atoms with Crippen LogP contribution in [-0.2, 0) is 0 Å². The molecule has 2 aliphatic heterocycles. The molecule has 2 heterocycles. The van der Waals surface area contributed by atoms with Crippen LogP contribution in [0, 0.1) is 0 Å². The normalized spacial score (nSPS) is 21.3. The Morgan fingerprint density at radius 2 is 1.90 bits per heavy atom. The fourth-order valence-electron chi connectivity index (χ4n) is 4.56. The molecular formula is C24H31N3O3. The molecule has 0 saturated carbocycles. The van der Waals surface area contributed by atoms with E-state index in [0.29, 0.717) is 12.2 Å². The van der Waals surface area contributed by atoms with E-state index < -0.39 is 0 Å². The zero-order chi connectivity index (χ0) is 21.1. The Hall–Kier alpha value is -2.57. The van der Waals surface area contributed by atoms with E-state index in [4.69, 9.17) is 14.5 Å². The summed E-state index contributed by atoms with van der Waals surface area (Å²) in [5, 5.41) is 14.6. The standard InChI is InChI=1S/C24H31N3O3/c1-4-27-13-11-24(12-14-27)25-20(17-7-5-8-18(15-17)29-2)16-21(26-24)19-9-6-10-22(30-3)23(19)28/h5-10,15,21,26,28H,4,11-14,16H2,1-3H3. The number of benzene rings is 2. The predicted molar refractivity (Wildman–Crippen MR) is 119 cm³/mol. The van der Waals surface area contributed by atoms with Crippen LogP contribution in [-0.4, -0.2) is 55.2 Å². The number of nitrogens with one attached hydrogen (secondary N) is 1. The molecule has 2 aromatic rings. The molecule has 2 aliphatic rings. The van der Waals surface area contributed by atoms with E-state index in [-0.39, 0.29) is 17.5 Å². The first-order valence-electron chi connectivity index (χ1n) is 10.7. The molecule has 4 rings (SSSR count). The van der Waals surface area contributed by atoms with Crippen LogP contribution in [0.25, 0.3) is 0 Å². The van der Waals surface area contributed by atoms with Gasteiger partial charge in [0.2, 0.25) is 0 Å². The Kier molecular flexibility index (Phi) is 5.97. The number of nitrogens with zero attached hydrogens (tertiary/aromatic N) is 2. The molecule has 0 radical (unpaired) electrons. The Balaban J connectivity index is 1.73. The molecule has 6 heteroatoms. The van der Waals surface area contributed by atoms with E-state index >= 15 is 0 Å². The third kappa shape index (κ3) is 4.02. The van der Waals surface area contributed by atoms with Crippen LogP contribution in [0.3, 0.4) is 0 Å². The number of aromatic hydroxyl groups is 1. The lowest BCUT2D eigenvalue weighted by molar-refractivity contribution is 0.129. The van der Waals surface area contributed by atoms with Crippen LogP contribution in [0.2, 0.25) is 0 Å². The minimum atomic E-state index is -0.331. The molecule has 1 saturated heterocycles. The summed E-state index contributed by atoms with van der Waals surface area (Å²) in [4.78, 5) is 7.70. The number of ether oxygens (including phenoxy) is 2. The van der Waals surface area contributed by atoms with E-state index in [1.165, 1.54) is 0 Å². The molecule has 2 N–H and O–H groups in total. The maximum atomic E-state index is 10.8. The fraction of sp³-hybridized carbons (Fsp3) is 0.458. The smallest absolute Gasteiger partial charge is 0.162 e. The third-order valence-electron chi connectivity index (χ3n) is 6.35. The maximum absolute atomic E-state index is 10.8. The van der Waals surface area contributed by atoms with E-state index in [2.05, 4.69) is 23.2 Å². The van der Waals surface area contributed by atoms with Crippen LogP contribution in [0.4, 0.5) is 0 Å². The van der Waals surface area contributed by atoms with Crippen LogP contribution in [0.5, 0.6) is 17.2 Å². The number of rotatable bonds is 5. The van der Waals surface area contributed by atoms with Crippen LogP contribution >= 0.6 is 0 Å². The second-order valence-electron chi connectivity index (χ2n) is 8.06. The van der Waals surface area contributed by atoms with Gasteiger partial charge in [-0.1, -0.05) is 31.2 Å². The topological polar surface area (TPSA) is 66.3 Å². The number of aliphatic imine (C=N–C) groups is 1. The number of hydrogen-bond acceptors (Lipinski definition) is 6. The zero-order valence-corrected chi connectivity index (χ0v) is 18.0. The molecule has 160 valence electrons. The first-order chi connectivity index (χ1) is 14.6. The number of hydrogen-bond donors (Lipinski definition) is 2. The van der Waals surface area contributed by atoms with Crippen molar-refractivity contribution in [1.29, 1.82) is 0 Å². The molecular weight excluding hydrogens is 378 g/mol. The van der Waals surface area contributed by atoms with Crippen molar-refractivity contribution in [3.63, 3.8) is 0 Å². The van der Waals surface area contributed by atoms with Crippen molar-refractivity contribution in [1.82, 2.24) is 10.2 Å². The summed E-state index contributed by atoms with van der Waals surface area (Å²) < 4.78 is 10.8. The van der Waals surface area contributed by atoms with Crippen LogP contribution in [0.1, 0.15) is 43.4 Å². The number of phenolic OH excluding ortho intramolecular Hbond substituents is 1. The van der Waals surface area contributed by atoms with Crippen molar-refractivity contribution >= 4 is 5.71 Å². The summed E-state index contributed by atoms with van der Waals surface area (Å²) in [6, 6.07) is 13.7. The molecule has 0 aromatic heterocycles. The van der Waals surface area contributed by atoms with Gasteiger partial charge in [0.1, 0.15) is 11.4 Å². The second-order valence-corrected chi connectivity index (χ2v) is 8.06. The molecule has 0 aliphatic carbocycles. The lowest BCUT2D eigenvalue weighted by Gasteiger charge is -2.45. The average Bonchev–Trinajstić information content (AvgIpc) is 2.79. The zero-order valence-electron chi connectivity index (χ0n) is 18.0. The molecule has 0 bridgehead atoms. The quantitative estimate of drug-likeness (QED) is 0.787. The highest BCUT2D eigenvalue weighted by molar-refractivity contribution is 6.02. The fourth-order valence-corrected chi connectivity index (χ4v) is 4.56. The van der Waals surface area contributed by atoms with Gasteiger partial charge in [0.05, 0.1) is 14.2 Å². The minimum Gasteiger partial charge on any atom is -0.504 e. The Morgan fingerprint density at radius 1 is 1.13 bits per heavy atom. The monoisotopic (exact) mass is 409 g/mol. The van der Waals surface area contributed by atoms with Crippen molar-refractivity contribution in [2.75, 3.05) is 33.9 Å². The Labute approximate surface area is 178 Å². The van der Waals surface area contributed by atoms with E-state index in [1.807, 2.05) is 30.3 Å². The number of methoxy groups -OCH3 is 2. The minimum absolute atomic E-state index is 0.0491. The van der Waals surface area contributed by atoms with Crippen molar-refractivity contribution in [2.24, 2.45) is 4.99 Å². The Bertz CT molecular complexity index is 920. The predicted octanol–water partition coefficient (Wildman–Crippen LogP) is 3.75. The van der Waals surface area contributed by atoms with Gasteiger partial charge in [-0.3, -0.25) is 10.3 Å². The molecule has 2 aromatic carbocycles. The van der Waals surface area contributed by atoms with Gasteiger partial charge in [-0.25, -0.2) is 0 Å². The molecule has 1 spiro atoms. The number of piperidine rings is 1. The second kappa shape index (κ2) is 8.66. The Morgan fingerprint density at radius 3 is 2.60 bits per heavy atom. The van der Waals surface area contributed by atoms with Crippen LogP contribution < -0.4 is 14.8 Å². The van der Waals surface area contributed by atoms with Gasteiger partial charge in [0, 0.05) is 36.8 Å². The lowest BCUT2D eigenvalue weighted by atomic mass is 9.87. The van der Waals surface area contributed by atoms with Crippen molar-refractivity contribution < 1.29 is 14.6 Å². The highest BCUT2D eigenvalue weighted by Gasteiger charge is 2.40. The average molecular weight is 410 g/mol. The third-order valence-corrected chi connectivity index (χ3v) is 6.35. The van der Waals surface area contributed by atoms with Gasteiger partial charge in [-0.05, 0) is 43.1 Å². The first kappa shape index (κ1) is 20.7. The summed E-state index contributed by atoms with van der Waals surface area (Å²) in [5.74, 6) is 1.52. The molecule has 1 atom stereocenters. The number of phenols is 1. The highest BCUT2D eigenvalue weighted by Crippen LogP contribution is 2.40. The largest absolute Gasteiger partial charge is 0.504 e. The molecule has 1 fully saturated rings. The van der Waals surface area contributed by atoms with Gasteiger partial charge in [0.25, 0.3) is 0 Å². The van der Waals surface area contributed by atoms with Gasteiger partial charge < -0.3 is 19.5 Å². The van der Waals surface area contributed by atoms with Crippen molar-refractivity contribution in [2.45, 2.75) is 37.9 Å². The molecule has 6 nitrogen and oxygen atoms in total. The summed E-state index contributed by atoms with van der Waals surface area (Å²) in [6.07, 6.45) is 2.57. The summed E-state index contributed by atoms with van der Waals surface area (Å²) in [7, 11) is 3.26. The first-order valence-corrected chi connectivity index (χ1v) is 10.7. The summed E-state index contributed by atoms with van der Waals surface area (Å²) >= 11 is 0. The van der Waals surface area contributed by atoms with Gasteiger partial charge >= 0.3 is 0 Å². The summed E-state index contributed by atoms with van der Waals surface area (Å²) in [5.41, 5.74) is 2.63. The maximum Gasteiger partial charge on any atom is 0.162 e. The van der Waals surface area contributed by atoms with Crippen molar-refractivity contribution in [3.05, 3.63) is 53.6 Å². The lowest BCUT2D eigenvalue weighted by Crippen LogP contribution is -2.56. The van der Waals surface area contributed by atoms with Crippen LogP contribution in [0.15, 0.2) is 47.5 Å². The van der Waals surface area contributed by atoms with Gasteiger partial charge in [0.15, 0.2) is 11.5 Å². The van der Waals surface area contributed by atoms with Gasteiger partial charge in [-0.2, -0.15) is 0 Å². The summed E-state index contributed by atoms with van der Waals surface area (Å²) in [6.45, 7) is 5.28. The van der Waals surface area contributed by atoms with E-state index in [0.717, 1.165) is 55.1 Å². The van der Waals surface area contributed by atoms with E-state index in [1.54, 1.807) is 20.3 Å². The highest BCUT2D eigenvalue weighted by atomic mass is 16.5. The molecule has 30 heavy (non-hydrogen) atoms.